The number of pyridine rings is 1. The largest absolute Gasteiger partial charge is 0.497 e. The maximum Gasteiger partial charge on any atom is 0.416 e. The molecule has 0 radical (unpaired) electrons. The number of methoxy groups -OCH3 is 1. The van der Waals surface area contributed by atoms with Crippen LogP contribution in [-0.4, -0.2) is 47.7 Å². The number of benzene rings is 2. The number of aromatic nitrogens is 3. The van der Waals surface area contributed by atoms with Crippen LogP contribution in [0.5, 0.6) is 5.75 Å². The first kappa shape index (κ1) is 43.8. The molecule has 2 fully saturated rings. The molecule has 3 aliphatic rings. The van der Waals surface area contributed by atoms with Gasteiger partial charge in [0, 0.05) is 73.2 Å². The third-order valence-corrected chi connectivity index (χ3v) is 12.2. The van der Waals surface area contributed by atoms with Crippen molar-refractivity contribution in [3.63, 3.8) is 0 Å². The topological polar surface area (TPSA) is 69.6 Å². The maximum atomic E-state index is 17.8. The van der Waals surface area contributed by atoms with Crippen molar-refractivity contribution in [2.45, 2.75) is 128 Å². The summed E-state index contributed by atoms with van der Waals surface area (Å²) in [6.45, 7) is 10.9. The van der Waals surface area contributed by atoms with E-state index >= 15 is 4.39 Å². The van der Waals surface area contributed by atoms with Crippen molar-refractivity contribution in [3.05, 3.63) is 111 Å². The lowest BCUT2D eigenvalue weighted by molar-refractivity contribution is -0.137. The van der Waals surface area contributed by atoms with Crippen LogP contribution in [-0.2, 0) is 35.3 Å². The van der Waals surface area contributed by atoms with E-state index in [4.69, 9.17) is 19.2 Å². The van der Waals surface area contributed by atoms with E-state index in [1.165, 1.54) is 12.1 Å². The zero-order chi connectivity index (χ0) is 42.8. The predicted molar refractivity (Wildman–Crippen MR) is 218 cm³/mol. The smallest absolute Gasteiger partial charge is 0.416 e. The molecule has 7 rings (SSSR count). The number of piperidine rings is 1. The molecule has 1 saturated carbocycles. The van der Waals surface area contributed by atoms with Gasteiger partial charge in [-0.1, -0.05) is 52.0 Å². The van der Waals surface area contributed by atoms with E-state index in [1.807, 2.05) is 24.3 Å². The second kappa shape index (κ2) is 18.0. The Morgan fingerprint density at radius 1 is 0.833 bits per heavy atom. The summed E-state index contributed by atoms with van der Waals surface area (Å²) in [4.78, 5) is 16.7. The van der Waals surface area contributed by atoms with Crippen molar-refractivity contribution < 1.29 is 40.6 Å². The molecular weight excluding hydrogens is 783 g/mol. The minimum absolute atomic E-state index is 0.0588. The second-order valence-electron chi connectivity index (χ2n) is 18.1. The van der Waals surface area contributed by atoms with Gasteiger partial charge in [-0.05, 0) is 96.7 Å². The minimum atomic E-state index is -4.60. The summed E-state index contributed by atoms with van der Waals surface area (Å²) >= 11 is 0. The first-order valence-corrected chi connectivity index (χ1v) is 21.1. The first-order chi connectivity index (χ1) is 28.5. The van der Waals surface area contributed by atoms with Gasteiger partial charge in [-0.15, -0.1) is 0 Å². The Labute approximate surface area is 349 Å². The molecule has 2 unspecified atom stereocenters. The Kier molecular flexibility index (Phi) is 13.2. The van der Waals surface area contributed by atoms with Crippen LogP contribution in [0.15, 0.2) is 60.9 Å². The summed E-state index contributed by atoms with van der Waals surface area (Å²) in [5.41, 5.74) is 3.72. The third-order valence-electron chi connectivity index (χ3n) is 12.2. The quantitative estimate of drug-likeness (QED) is 0.124. The number of ether oxygens (including phenoxy) is 3. The van der Waals surface area contributed by atoms with Gasteiger partial charge in [0.05, 0.1) is 37.7 Å². The molecular formula is C47H56F6N4O3. The van der Waals surface area contributed by atoms with E-state index in [0.717, 1.165) is 34.5 Å². The fourth-order valence-electron chi connectivity index (χ4n) is 9.09. The number of fused-ring (bicyclic) bond motifs is 1. The SMILES string of the molecule is COc1ccc(COC2CC(C)(C)Cc3nc(C4CCN(c5ncc(COCC(C)C)cn5)CC4)c(C(F)c4ccc(C(F)(F)F)cc4)c(C4CCC(F)(F)CC4)c32)cc1. The number of alkyl halides is 6. The van der Waals surface area contributed by atoms with Gasteiger partial charge < -0.3 is 19.1 Å². The molecule has 3 heterocycles. The maximum absolute atomic E-state index is 17.8. The summed E-state index contributed by atoms with van der Waals surface area (Å²) in [5, 5.41) is 0. The fourth-order valence-corrected chi connectivity index (χ4v) is 9.09. The molecule has 13 heteroatoms. The molecule has 0 amide bonds. The van der Waals surface area contributed by atoms with Crippen LogP contribution >= 0.6 is 0 Å². The summed E-state index contributed by atoms with van der Waals surface area (Å²) in [6.07, 6.45) is -1.52. The van der Waals surface area contributed by atoms with Crippen molar-refractivity contribution >= 4 is 5.95 Å². The van der Waals surface area contributed by atoms with Crippen LogP contribution in [0.4, 0.5) is 32.3 Å². The summed E-state index contributed by atoms with van der Waals surface area (Å²) in [6, 6.07) is 11.7. The van der Waals surface area contributed by atoms with Gasteiger partial charge >= 0.3 is 6.18 Å². The lowest BCUT2D eigenvalue weighted by atomic mass is 9.68. The molecule has 1 saturated heterocycles. The van der Waals surface area contributed by atoms with Crippen LogP contribution in [0.25, 0.3) is 0 Å². The molecule has 4 aromatic rings. The standard InChI is InChI=1S/C47H56F6N4O3/c1-29(2)26-59-27-31-24-54-44(55-25-31)57-20-16-34(17-21-57)43-41(42(48)33-8-10-35(11-9-33)47(51,52)53)39(32-14-18-46(49,50)19-15-32)40-37(56-43)22-45(3,4)23-38(40)60-28-30-6-12-36(58-5)13-7-30/h6-13,24-25,29,32,34,38,42H,14-23,26-28H2,1-5H3. The van der Waals surface area contributed by atoms with Crippen LogP contribution < -0.4 is 9.64 Å². The highest BCUT2D eigenvalue weighted by Crippen LogP contribution is 2.53. The first-order valence-electron chi connectivity index (χ1n) is 21.1. The molecule has 60 heavy (non-hydrogen) atoms. The molecule has 2 aromatic carbocycles. The summed E-state index contributed by atoms with van der Waals surface area (Å²) in [7, 11) is 1.60. The number of anilines is 1. The molecule has 2 atom stereocenters. The normalized spacial score (nSPS) is 20.3. The molecule has 1 aliphatic heterocycles. The van der Waals surface area contributed by atoms with Crippen molar-refractivity contribution in [1.82, 2.24) is 15.0 Å². The van der Waals surface area contributed by atoms with Crippen molar-refractivity contribution in [2.75, 3.05) is 31.7 Å². The third kappa shape index (κ3) is 10.3. The lowest BCUT2D eigenvalue weighted by Crippen LogP contribution is -2.36. The Hall–Kier alpha value is -4.23. The molecule has 7 nitrogen and oxygen atoms in total. The van der Waals surface area contributed by atoms with Gasteiger partial charge in [0.2, 0.25) is 11.9 Å². The van der Waals surface area contributed by atoms with E-state index in [1.54, 1.807) is 19.5 Å². The van der Waals surface area contributed by atoms with Crippen LogP contribution in [0, 0.1) is 11.3 Å². The van der Waals surface area contributed by atoms with E-state index < -0.39 is 35.9 Å². The van der Waals surface area contributed by atoms with Gasteiger partial charge in [0.15, 0.2) is 6.17 Å². The van der Waals surface area contributed by atoms with Crippen molar-refractivity contribution in [1.29, 1.82) is 0 Å². The van der Waals surface area contributed by atoms with Gasteiger partial charge in [0.25, 0.3) is 0 Å². The Bertz CT molecular complexity index is 2040. The average molecular weight is 839 g/mol. The monoisotopic (exact) mass is 838 g/mol. The van der Waals surface area contributed by atoms with Gasteiger partial charge in [-0.2, -0.15) is 13.2 Å². The number of hydrogen-bond donors (Lipinski definition) is 0. The molecule has 0 N–H and O–H groups in total. The van der Waals surface area contributed by atoms with Gasteiger partial charge in [-0.25, -0.2) is 23.1 Å². The van der Waals surface area contributed by atoms with Crippen molar-refractivity contribution in [2.24, 2.45) is 11.3 Å². The zero-order valence-electron chi connectivity index (χ0n) is 35.1. The predicted octanol–water partition coefficient (Wildman–Crippen LogP) is 12.0. The van der Waals surface area contributed by atoms with Gasteiger partial charge in [-0.3, -0.25) is 4.98 Å². The van der Waals surface area contributed by atoms with Crippen molar-refractivity contribution in [3.8, 4) is 5.75 Å². The molecule has 0 bridgehead atoms. The van der Waals surface area contributed by atoms with E-state index in [-0.39, 0.29) is 49.2 Å². The van der Waals surface area contributed by atoms with E-state index in [0.29, 0.717) is 86.4 Å². The Morgan fingerprint density at radius 2 is 1.48 bits per heavy atom. The molecule has 0 spiro atoms. The Morgan fingerprint density at radius 3 is 2.08 bits per heavy atom. The van der Waals surface area contributed by atoms with Crippen LogP contribution in [0.2, 0.25) is 0 Å². The van der Waals surface area contributed by atoms with Crippen LogP contribution in [0.3, 0.4) is 0 Å². The second-order valence-corrected chi connectivity index (χ2v) is 18.1. The van der Waals surface area contributed by atoms with E-state index in [9.17, 15) is 22.0 Å². The number of halogens is 6. The highest BCUT2D eigenvalue weighted by molar-refractivity contribution is 5.51. The number of hydrogen-bond acceptors (Lipinski definition) is 7. The number of nitrogens with zero attached hydrogens (tertiary/aromatic N) is 4. The Balaban J connectivity index is 1.29. The van der Waals surface area contributed by atoms with Gasteiger partial charge in [0.1, 0.15) is 5.75 Å². The average Bonchev–Trinajstić information content (AvgIpc) is 3.21. The summed E-state index contributed by atoms with van der Waals surface area (Å²) in [5.74, 6) is -1.78. The lowest BCUT2D eigenvalue weighted by Gasteiger charge is -2.42. The zero-order valence-corrected chi connectivity index (χ0v) is 35.1. The minimum Gasteiger partial charge on any atom is -0.497 e. The number of rotatable bonds is 13. The summed E-state index contributed by atoms with van der Waals surface area (Å²) < 4.78 is 106. The highest BCUT2D eigenvalue weighted by Gasteiger charge is 2.44. The van der Waals surface area contributed by atoms with Crippen LogP contribution in [0.1, 0.15) is 147 Å². The molecule has 2 aliphatic carbocycles. The van der Waals surface area contributed by atoms with E-state index in [2.05, 4.69) is 42.6 Å². The molecule has 2 aromatic heterocycles. The molecule has 324 valence electrons. The highest BCUT2D eigenvalue weighted by atomic mass is 19.4. The fraction of sp³-hybridized carbons (Fsp3) is 0.553.